The van der Waals surface area contributed by atoms with Crippen LogP contribution in [0.4, 0.5) is 0 Å². The molecule has 0 amide bonds. The molecule has 0 aromatic heterocycles. The molecular weight excluding hydrogens is 182 g/mol. The minimum absolute atomic E-state index is 0.336. The molecule has 0 saturated carbocycles. The van der Waals surface area contributed by atoms with Gasteiger partial charge >= 0.3 is 0 Å². The maximum absolute atomic E-state index is 3.37. The van der Waals surface area contributed by atoms with Crippen molar-refractivity contribution >= 4 is 0 Å². The molecule has 1 aliphatic carbocycles. The number of allylic oxidation sites excluding steroid dienone is 2. The maximum atomic E-state index is 3.37. The summed E-state index contributed by atoms with van der Waals surface area (Å²) in [4.78, 5) is 0. The van der Waals surface area contributed by atoms with Crippen molar-refractivity contribution < 1.29 is 0 Å². The Morgan fingerprint density at radius 1 is 1.13 bits per heavy atom. The summed E-state index contributed by atoms with van der Waals surface area (Å²) < 4.78 is 0. The first-order valence-electron chi connectivity index (χ1n) is 5.50. The molecule has 0 heterocycles. The van der Waals surface area contributed by atoms with Gasteiger partial charge in [0.25, 0.3) is 0 Å². The highest BCUT2D eigenvalue weighted by atomic mass is 14.9. The summed E-state index contributed by atoms with van der Waals surface area (Å²) in [5, 5.41) is 3.37. The van der Waals surface area contributed by atoms with E-state index in [4.69, 9.17) is 0 Å². The van der Waals surface area contributed by atoms with Crippen molar-refractivity contribution in [3.63, 3.8) is 0 Å². The summed E-state index contributed by atoms with van der Waals surface area (Å²) in [5.74, 6) is 0. The second kappa shape index (κ2) is 4.94. The average Bonchev–Trinajstić information content (AvgIpc) is 2.33. The van der Waals surface area contributed by atoms with Crippen LogP contribution in [0.15, 0.2) is 54.1 Å². The van der Waals surface area contributed by atoms with E-state index in [1.54, 1.807) is 0 Å². The third kappa shape index (κ3) is 2.37. The topological polar surface area (TPSA) is 12.0 Å². The Balaban J connectivity index is 2.24. The highest BCUT2D eigenvalue weighted by molar-refractivity contribution is 5.35. The first kappa shape index (κ1) is 10.2. The van der Waals surface area contributed by atoms with Gasteiger partial charge in [-0.3, -0.25) is 0 Å². The minimum Gasteiger partial charge on any atom is -0.309 e. The van der Waals surface area contributed by atoms with Gasteiger partial charge in [0, 0.05) is 0 Å². The van der Waals surface area contributed by atoms with Crippen molar-refractivity contribution in [1.82, 2.24) is 5.32 Å². The van der Waals surface area contributed by atoms with Crippen LogP contribution in [0.2, 0.25) is 0 Å². The third-order valence-corrected chi connectivity index (χ3v) is 2.78. The van der Waals surface area contributed by atoms with Crippen LogP contribution in [0.5, 0.6) is 0 Å². The molecule has 0 bridgehead atoms. The van der Waals surface area contributed by atoms with E-state index in [1.165, 1.54) is 17.6 Å². The van der Waals surface area contributed by atoms with Gasteiger partial charge in [0.1, 0.15) is 0 Å². The van der Waals surface area contributed by atoms with Gasteiger partial charge in [0.05, 0.1) is 6.04 Å². The molecule has 1 heteroatoms. The molecule has 0 fully saturated rings. The monoisotopic (exact) mass is 199 g/mol. The lowest BCUT2D eigenvalue weighted by atomic mass is 9.94. The fourth-order valence-electron chi connectivity index (χ4n) is 2.02. The van der Waals surface area contributed by atoms with Gasteiger partial charge in [-0.25, -0.2) is 0 Å². The third-order valence-electron chi connectivity index (χ3n) is 2.78. The molecule has 2 rings (SSSR count). The van der Waals surface area contributed by atoms with E-state index < -0.39 is 0 Å². The standard InChI is InChI=1S/C14H17N/c1-15-14(12-8-4-2-5-9-12)13-10-6-3-7-11-13/h2,4-6,8-11,14-15H,3,7H2,1H3. The van der Waals surface area contributed by atoms with Gasteiger partial charge < -0.3 is 5.32 Å². The molecule has 1 N–H and O–H groups in total. The van der Waals surface area contributed by atoms with Crippen molar-refractivity contribution in [1.29, 1.82) is 0 Å². The van der Waals surface area contributed by atoms with Crippen LogP contribution in [0.1, 0.15) is 24.4 Å². The van der Waals surface area contributed by atoms with Crippen molar-refractivity contribution in [2.75, 3.05) is 7.05 Å². The number of benzene rings is 1. The first-order chi connectivity index (χ1) is 7.42. The van der Waals surface area contributed by atoms with Crippen LogP contribution in [0.3, 0.4) is 0 Å². The van der Waals surface area contributed by atoms with Crippen molar-refractivity contribution in [2.24, 2.45) is 0 Å². The molecule has 1 aromatic rings. The van der Waals surface area contributed by atoms with Crippen LogP contribution in [0, 0.1) is 0 Å². The molecule has 0 spiro atoms. The second-order valence-electron chi connectivity index (χ2n) is 3.82. The summed E-state index contributed by atoms with van der Waals surface area (Å²) in [6.45, 7) is 0. The SMILES string of the molecule is CNC(C1=CCCC=C1)c1ccccc1. The summed E-state index contributed by atoms with van der Waals surface area (Å²) in [6.07, 6.45) is 9.15. The van der Waals surface area contributed by atoms with E-state index in [1.807, 2.05) is 7.05 Å². The van der Waals surface area contributed by atoms with Crippen LogP contribution >= 0.6 is 0 Å². The zero-order chi connectivity index (χ0) is 10.5. The largest absolute Gasteiger partial charge is 0.309 e. The molecule has 1 atom stereocenters. The van der Waals surface area contributed by atoms with E-state index in [9.17, 15) is 0 Å². The summed E-state index contributed by atoms with van der Waals surface area (Å²) in [6, 6.07) is 10.9. The van der Waals surface area contributed by atoms with Gasteiger partial charge in [0.2, 0.25) is 0 Å². The predicted molar refractivity (Wildman–Crippen MR) is 64.7 cm³/mol. The Hall–Kier alpha value is -1.34. The van der Waals surface area contributed by atoms with Gasteiger partial charge in [-0.15, -0.1) is 0 Å². The number of hydrogen-bond donors (Lipinski definition) is 1. The maximum Gasteiger partial charge on any atom is 0.0571 e. The lowest BCUT2D eigenvalue weighted by Gasteiger charge is -2.20. The summed E-state index contributed by atoms with van der Waals surface area (Å²) in [5.41, 5.74) is 2.72. The fourth-order valence-corrected chi connectivity index (χ4v) is 2.02. The summed E-state index contributed by atoms with van der Waals surface area (Å²) in [7, 11) is 2.01. The van der Waals surface area contributed by atoms with Crippen molar-refractivity contribution in [3.8, 4) is 0 Å². The summed E-state index contributed by atoms with van der Waals surface area (Å²) >= 11 is 0. The Bertz CT molecular complexity index is 362. The predicted octanol–water partition coefficient (Wildman–Crippen LogP) is 3.22. The van der Waals surface area contributed by atoms with Crippen molar-refractivity contribution in [3.05, 3.63) is 59.7 Å². The Morgan fingerprint density at radius 2 is 1.93 bits per heavy atom. The lowest BCUT2D eigenvalue weighted by Crippen LogP contribution is -2.18. The van der Waals surface area contributed by atoms with E-state index in [2.05, 4.69) is 53.9 Å². The zero-order valence-corrected chi connectivity index (χ0v) is 9.11. The Kier molecular flexibility index (Phi) is 3.36. The normalized spacial score (nSPS) is 17.3. The molecule has 1 aromatic carbocycles. The molecule has 1 aliphatic rings. The quantitative estimate of drug-likeness (QED) is 0.788. The lowest BCUT2D eigenvalue weighted by molar-refractivity contribution is 0.683. The van der Waals surface area contributed by atoms with Crippen LogP contribution in [-0.4, -0.2) is 7.05 Å². The van der Waals surface area contributed by atoms with Gasteiger partial charge in [0.15, 0.2) is 0 Å². The fraction of sp³-hybridized carbons (Fsp3) is 0.286. The van der Waals surface area contributed by atoms with Gasteiger partial charge in [-0.1, -0.05) is 48.6 Å². The van der Waals surface area contributed by atoms with Crippen LogP contribution in [0.25, 0.3) is 0 Å². The number of hydrogen-bond acceptors (Lipinski definition) is 1. The number of likely N-dealkylation sites (N-methyl/N-ethyl adjacent to an activating group) is 1. The molecule has 78 valence electrons. The molecule has 1 unspecified atom stereocenters. The zero-order valence-electron chi connectivity index (χ0n) is 9.11. The first-order valence-corrected chi connectivity index (χ1v) is 5.50. The van der Waals surface area contributed by atoms with Crippen LogP contribution in [-0.2, 0) is 0 Å². The van der Waals surface area contributed by atoms with Gasteiger partial charge in [-0.2, -0.15) is 0 Å². The number of rotatable bonds is 3. The molecular formula is C14H17N. The van der Waals surface area contributed by atoms with E-state index in [0.717, 1.165) is 6.42 Å². The molecule has 0 aliphatic heterocycles. The smallest absolute Gasteiger partial charge is 0.0571 e. The molecule has 0 radical (unpaired) electrons. The Morgan fingerprint density at radius 3 is 2.53 bits per heavy atom. The van der Waals surface area contributed by atoms with E-state index in [0.29, 0.717) is 6.04 Å². The van der Waals surface area contributed by atoms with Gasteiger partial charge in [-0.05, 0) is 31.0 Å². The van der Waals surface area contributed by atoms with Crippen molar-refractivity contribution in [2.45, 2.75) is 18.9 Å². The second-order valence-corrected chi connectivity index (χ2v) is 3.82. The van der Waals surface area contributed by atoms with E-state index >= 15 is 0 Å². The van der Waals surface area contributed by atoms with E-state index in [-0.39, 0.29) is 0 Å². The average molecular weight is 199 g/mol. The molecule has 15 heavy (non-hydrogen) atoms. The van der Waals surface area contributed by atoms with Crippen LogP contribution < -0.4 is 5.32 Å². The minimum atomic E-state index is 0.336. The number of nitrogens with one attached hydrogen (secondary N) is 1. The Labute approximate surface area is 91.5 Å². The molecule has 0 saturated heterocycles. The molecule has 1 nitrogen and oxygen atoms in total. The highest BCUT2D eigenvalue weighted by Crippen LogP contribution is 2.25. The highest BCUT2D eigenvalue weighted by Gasteiger charge is 2.12.